The monoisotopic (exact) mass is 157 g/mol. The standard InChI is InChI=1S/C4H6O5.Na/c5-2(4(8)9)1-3(6)7;/h2,5H,1H2,(H,6,7)(H,8,9);/t2-;/m0./s1. The first-order valence-corrected chi connectivity index (χ1v) is 2.16. The minimum absolute atomic E-state index is 0. The van der Waals surface area contributed by atoms with Gasteiger partial charge in [-0.2, -0.15) is 0 Å². The van der Waals surface area contributed by atoms with E-state index < -0.39 is 24.5 Å². The number of hydrogen-bond donors (Lipinski definition) is 3. The second-order valence-corrected chi connectivity index (χ2v) is 1.45. The molecule has 0 saturated heterocycles. The van der Waals surface area contributed by atoms with Crippen molar-refractivity contribution >= 4 is 41.5 Å². The van der Waals surface area contributed by atoms with Crippen LogP contribution in [0.25, 0.3) is 0 Å². The minimum atomic E-state index is -1.79. The maximum absolute atomic E-state index is 9.72. The Kier molecular flexibility index (Phi) is 7.12. The number of rotatable bonds is 3. The SMILES string of the molecule is O=C(O)C[C@H](O)C(=O)O.[Na]. The number of carboxylic acids is 2. The normalized spacial score (nSPS) is 11.3. The molecule has 10 heavy (non-hydrogen) atoms. The fourth-order valence-corrected chi connectivity index (χ4v) is 0.253. The van der Waals surface area contributed by atoms with Gasteiger partial charge in [-0.05, 0) is 0 Å². The molecule has 0 spiro atoms. The Morgan fingerprint density at radius 2 is 1.70 bits per heavy atom. The number of aliphatic hydroxyl groups is 1. The number of aliphatic carboxylic acids is 2. The van der Waals surface area contributed by atoms with Crippen LogP contribution in [-0.4, -0.2) is 62.9 Å². The molecular formula is C4H6NaO5. The number of hydrogen-bond acceptors (Lipinski definition) is 3. The molecule has 5 nitrogen and oxygen atoms in total. The molecular weight excluding hydrogens is 151 g/mol. The molecule has 0 aromatic heterocycles. The van der Waals surface area contributed by atoms with E-state index in [1.54, 1.807) is 0 Å². The third kappa shape index (κ3) is 6.03. The summed E-state index contributed by atoms with van der Waals surface area (Å²) in [4.78, 5) is 19.4. The van der Waals surface area contributed by atoms with Gasteiger partial charge < -0.3 is 15.3 Å². The van der Waals surface area contributed by atoms with E-state index in [0.29, 0.717) is 0 Å². The molecule has 0 bridgehead atoms. The summed E-state index contributed by atoms with van der Waals surface area (Å²) in [7, 11) is 0. The van der Waals surface area contributed by atoms with Gasteiger partial charge >= 0.3 is 11.9 Å². The zero-order valence-corrected chi connectivity index (χ0v) is 7.44. The van der Waals surface area contributed by atoms with Crippen molar-refractivity contribution in [2.24, 2.45) is 0 Å². The summed E-state index contributed by atoms with van der Waals surface area (Å²) in [6.45, 7) is 0. The molecule has 0 saturated carbocycles. The Balaban J connectivity index is 0. The smallest absolute Gasteiger partial charge is 0.333 e. The van der Waals surface area contributed by atoms with Crippen LogP contribution in [0.1, 0.15) is 6.42 Å². The average molecular weight is 157 g/mol. The zero-order valence-electron chi connectivity index (χ0n) is 5.44. The van der Waals surface area contributed by atoms with Gasteiger partial charge in [0, 0.05) is 29.6 Å². The molecule has 0 unspecified atom stereocenters. The molecule has 1 atom stereocenters. The second-order valence-electron chi connectivity index (χ2n) is 1.45. The van der Waals surface area contributed by atoms with Crippen molar-refractivity contribution in [2.75, 3.05) is 0 Å². The third-order valence-corrected chi connectivity index (χ3v) is 0.653. The first-order valence-electron chi connectivity index (χ1n) is 2.16. The van der Waals surface area contributed by atoms with E-state index in [4.69, 9.17) is 15.3 Å². The van der Waals surface area contributed by atoms with Crippen molar-refractivity contribution in [2.45, 2.75) is 12.5 Å². The van der Waals surface area contributed by atoms with Gasteiger partial charge in [0.15, 0.2) is 6.10 Å². The molecule has 3 N–H and O–H groups in total. The number of aliphatic hydroxyl groups excluding tert-OH is 1. The van der Waals surface area contributed by atoms with E-state index in [1.807, 2.05) is 0 Å². The predicted molar refractivity (Wildman–Crippen MR) is 31.6 cm³/mol. The van der Waals surface area contributed by atoms with Crippen LogP contribution in [0, 0.1) is 0 Å². The molecule has 0 rings (SSSR count). The quantitative estimate of drug-likeness (QED) is 0.434. The Morgan fingerprint density at radius 1 is 1.30 bits per heavy atom. The van der Waals surface area contributed by atoms with Gasteiger partial charge in [0.2, 0.25) is 0 Å². The molecule has 0 aromatic rings. The first-order chi connectivity index (χ1) is 4.04. The van der Waals surface area contributed by atoms with Crippen molar-refractivity contribution < 1.29 is 24.9 Å². The van der Waals surface area contributed by atoms with E-state index in [0.717, 1.165) is 0 Å². The van der Waals surface area contributed by atoms with Crippen LogP contribution in [-0.2, 0) is 9.59 Å². The summed E-state index contributed by atoms with van der Waals surface area (Å²) in [5, 5.41) is 24.1. The molecule has 53 valence electrons. The van der Waals surface area contributed by atoms with Crippen LogP contribution >= 0.6 is 0 Å². The summed E-state index contributed by atoms with van der Waals surface area (Å²) in [6.07, 6.45) is -2.54. The molecule has 0 heterocycles. The fourth-order valence-electron chi connectivity index (χ4n) is 0.253. The van der Waals surface area contributed by atoms with E-state index in [9.17, 15) is 9.59 Å². The van der Waals surface area contributed by atoms with E-state index >= 15 is 0 Å². The number of carboxylic acid groups (broad SMARTS) is 2. The van der Waals surface area contributed by atoms with Gasteiger partial charge in [0.25, 0.3) is 0 Å². The third-order valence-electron chi connectivity index (χ3n) is 0.653. The maximum atomic E-state index is 9.72. The summed E-state index contributed by atoms with van der Waals surface area (Å²) >= 11 is 0. The van der Waals surface area contributed by atoms with E-state index in [1.165, 1.54) is 0 Å². The van der Waals surface area contributed by atoms with Gasteiger partial charge in [-0.15, -0.1) is 0 Å². The van der Waals surface area contributed by atoms with E-state index in [2.05, 4.69) is 0 Å². The Labute approximate surface area is 79.0 Å². The first kappa shape index (κ1) is 12.6. The topological polar surface area (TPSA) is 94.8 Å². The van der Waals surface area contributed by atoms with Gasteiger partial charge in [-0.3, -0.25) is 4.79 Å². The summed E-state index contributed by atoms with van der Waals surface area (Å²) in [5.74, 6) is -2.85. The van der Waals surface area contributed by atoms with Crippen LogP contribution in [0.3, 0.4) is 0 Å². The second kappa shape index (κ2) is 5.67. The molecule has 0 amide bonds. The zero-order chi connectivity index (χ0) is 7.44. The van der Waals surface area contributed by atoms with Gasteiger partial charge in [0.1, 0.15) is 0 Å². The molecule has 0 aliphatic rings. The summed E-state index contributed by atoms with van der Waals surface area (Å²) in [6, 6.07) is 0. The van der Waals surface area contributed by atoms with Gasteiger partial charge in [0.05, 0.1) is 6.42 Å². The van der Waals surface area contributed by atoms with Crippen LogP contribution in [0.15, 0.2) is 0 Å². The minimum Gasteiger partial charge on any atom is -0.481 e. The van der Waals surface area contributed by atoms with Crippen molar-refractivity contribution in [3.8, 4) is 0 Å². The van der Waals surface area contributed by atoms with Crippen molar-refractivity contribution in [3.05, 3.63) is 0 Å². The summed E-state index contributed by atoms with van der Waals surface area (Å²) in [5.41, 5.74) is 0. The van der Waals surface area contributed by atoms with Gasteiger partial charge in [-0.1, -0.05) is 0 Å². The maximum Gasteiger partial charge on any atom is 0.333 e. The summed E-state index contributed by atoms with van der Waals surface area (Å²) < 4.78 is 0. The molecule has 0 aliphatic carbocycles. The Bertz CT molecular complexity index is 134. The number of carbonyl (C=O) groups is 2. The van der Waals surface area contributed by atoms with Crippen LogP contribution < -0.4 is 0 Å². The predicted octanol–water partition coefficient (Wildman–Crippen LogP) is -1.47. The fraction of sp³-hybridized carbons (Fsp3) is 0.500. The molecule has 0 aromatic carbocycles. The molecule has 6 heteroatoms. The van der Waals surface area contributed by atoms with Crippen molar-refractivity contribution in [1.82, 2.24) is 0 Å². The molecule has 0 fully saturated rings. The van der Waals surface area contributed by atoms with Crippen molar-refractivity contribution in [3.63, 3.8) is 0 Å². The van der Waals surface area contributed by atoms with E-state index in [-0.39, 0.29) is 29.6 Å². The molecule has 1 radical (unpaired) electrons. The average Bonchev–Trinajstić information content (AvgIpc) is 1.63. The Morgan fingerprint density at radius 3 is 1.80 bits per heavy atom. The largest absolute Gasteiger partial charge is 0.481 e. The van der Waals surface area contributed by atoms with Gasteiger partial charge in [-0.25, -0.2) is 4.79 Å². The Hall–Kier alpha value is -0.100. The van der Waals surface area contributed by atoms with Crippen LogP contribution in [0.4, 0.5) is 0 Å². The molecule has 0 aliphatic heterocycles. The van der Waals surface area contributed by atoms with Crippen molar-refractivity contribution in [1.29, 1.82) is 0 Å². The van der Waals surface area contributed by atoms with Crippen LogP contribution in [0.2, 0.25) is 0 Å². The van der Waals surface area contributed by atoms with Crippen LogP contribution in [0.5, 0.6) is 0 Å².